The number of rotatable bonds is 6. The van der Waals surface area contributed by atoms with Crippen LogP contribution in [0.3, 0.4) is 0 Å². The van der Waals surface area contributed by atoms with Crippen LogP contribution >= 0.6 is 17.0 Å². The second-order valence-corrected chi connectivity index (χ2v) is 13.6. The van der Waals surface area contributed by atoms with Gasteiger partial charge in [0.25, 0.3) is 0 Å². The van der Waals surface area contributed by atoms with Crippen LogP contribution in [0.2, 0.25) is 0 Å². The highest BCUT2D eigenvalue weighted by molar-refractivity contribution is 7.46. The molecule has 1 spiro atoms. The van der Waals surface area contributed by atoms with Gasteiger partial charge < -0.3 is 22.6 Å². The minimum absolute atomic E-state index is 0.170. The molecule has 0 aliphatic carbocycles. The Balaban J connectivity index is 1.45. The molecule has 196 valence electrons. The van der Waals surface area contributed by atoms with Gasteiger partial charge in [-0.25, -0.2) is 0 Å². The van der Waals surface area contributed by atoms with E-state index in [2.05, 4.69) is 107 Å². The fraction of sp³-hybridized carbons (Fsp3) is 0.400. The Morgan fingerprint density at radius 2 is 1.16 bits per heavy atom. The minimum Gasteiger partial charge on any atom is -0.426 e. The maximum Gasteiger partial charge on any atom is 0.397 e. The van der Waals surface area contributed by atoms with Crippen LogP contribution in [0, 0.1) is 5.41 Å². The molecule has 5 nitrogen and oxygen atoms in total. The van der Waals surface area contributed by atoms with Gasteiger partial charge in [0, 0.05) is 23.1 Å². The van der Waals surface area contributed by atoms with E-state index >= 15 is 0 Å². The molecule has 0 atom stereocenters. The van der Waals surface area contributed by atoms with E-state index in [0.717, 1.165) is 11.3 Å². The van der Waals surface area contributed by atoms with Gasteiger partial charge in [-0.05, 0) is 22.8 Å². The molecule has 0 unspecified atom stereocenters. The summed E-state index contributed by atoms with van der Waals surface area (Å²) in [6.07, 6.45) is 0. The Morgan fingerprint density at radius 1 is 0.649 bits per heavy atom. The van der Waals surface area contributed by atoms with E-state index in [9.17, 15) is 0 Å². The topological polar surface area (TPSA) is 46.2 Å². The van der Waals surface area contributed by atoms with Crippen LogP contribution in [0.25, 0.3) is 0 Å². The van der Waals surface area contributed by atoms with Gasteiger partial charge in [0.05, 0.1) is 31.8 Å². The highest BCUT2D eigenvalue weighted by atomic mass is 31.2. The van der Waals surface area contributed by atoms with Gasteiger partial charge in [0.15, 0.2) is 8.38 Å². The van der Waals surface area contributed by atoms with E-state index in [1.807, 2.05) is 6.66 Å². The van der Waals surface area contributed by atoms with Gasteiger partial charge in [-0.15, -0.1) is 0 Å². The number of hydrogen-bond donors (Lipinski definition) is 0. The van der Waals surface area contributed by atoms with E-state index in [4.69, 9.17) is 22.6 Å². The summed E-state index contributed by atoms with van der Waals surface area (Å²) in [5.41, 5.74) is 4.11. The van der Waals surface area contributed by atoms with Crippen LogP contribution in [-0.4, -0.2) is 33.1 Å². The highest BCUT2D eigenvalue weighted by Crippen LogP contribution is 2.53. The molecule has 0 aromatic heterocycles. The lowest BCUT2D eigenvalue weighted by Gasteiger charge is -2.41. The van der Waals surface area contributed by atoms with Crippen molar-refractivity contribution in [2.45, 2.75) is 38.5 Å². The molecule has 0 N–H and O–H groups in total. The molecular weight excluding hydrogens is 502 g/mol. The molecule has 2 saturated heterocycles. The largest absolute Gasteiger partial charge is 0.426 e. The first kappa shape index (κ1) is 26.8. The maximum atomic E-state index is 6.47. The van der Waals surface area contributed by atoms with Crippen molar-refractivity contribution in [1.82, 2.24) is 0 Å². The number of benzene rings is 3. The molecular formula is C30H36O5P2. The maximum absolute atomic E-state index is 6.47. The standard InChI is InChI=1S/C30H36O5P2/c1-28(2,23-12-8-6-9-13-23)25-16-17-27(26(18-25)29(3,4)24-14-10-7-11-15-24)35-37-33-21-30(22-34-37)19-31-36(5)32-20-30/h6-18H,19-22H2,1-5H3. The van der Waals surface area contributed by atoms with Crippen molar-refractivity contribution in [3.63, 3.8) is 0 Å². The Labute approximate surface area is 223 Å². The van der Waals surface area contributed by atoms with Crippen molar-refractivity contribution < 1.29 is 22.6 Å². The van der Waals surface area contributed by atoms with Gasteiger partial charge in [0.2, 0.25) is 0 Å². The van der Waals surface area contributed by atoms with Crippen LogP contribution < -0.4 is 4.52 Å². The SMILES string of the molecule is CP1OCC2(CO1)COP(Oc1ccc(C(C)(C)c3ccccc3)cc1C(C)(C)c1ccccc1)OC2. The Kier molecular flexibility index (Phi) is 7.76. The van der Waals surface area contributed by atoms with Crippen LogP contribution in [-0.2, 0) is 28.9 Å². The van der Waals surface area contributed by atoms with E-state index in [0.29, 0.717) is 26.4 Å². The predicted molar refractivity (Wildman–Crippen MR) is 150 cm³/mol. The first-order chi connectivity index (χ1) is 17.7. The zero-order chi connectivity index (χ0) is 26.1. The van der Waals surface area contributed by atoms with Gasteiger partial charge in [-0.2, -0.15) is 0 Å². The molecule has 2 fully saturated rings. The summed E-state index contributed by atoms with van der Waals surface area (Å²) in [6, 6.07) is 27.7. The van der Waals surface area contributed by atoms with Crippen LogP contribution in [0.15, 0.2) is 78.9 Å². The fourth-order valence-corrected chi connectivity index (χ4v) is 7.06. The molecule has 7 heteroatoms. The summed E-state index contributed by atoms with van der Waals surface area (Å²) in [4.78, 5) is 0. The second-order valence-electron chi connectivity index (χ2n) is 11.0. The average molecular weight is 539 g/mol. The molecule has 37 heavy (non-hydrogen) atoms. The van der Waals surface area contributed by atoms with Crippen molar-refractivity contribution in [3.8, 4) is 5.75 Å². The quantitative estimate of drug-likeness (QED) is 0.298. The molecule has 2 aliphatic heterocycles. The first-order valence-electron chi connectivity index (χ1n) is 12.7. The summed E-state index contributed by atoms with van der Waals surface area (Å²) in [7, 11) is -2.33. The molecule has 2 aliphatic rings. The third-order valence-electron chi connectivity index (χ3n) is 7.60. The Hall–Kier alpha value is -1.84. The van der Waals surface area contributed by atoms with Gasteiger partial charge in [-0.1, -0.05) is 100 Å². The van der Waals surface area contributed by atoms with Gasteiger partial charge in [0.1, 0.15) is 5.75 Å². The predicted octanol–water partition coefficient (Wildman–Crippen LogP) is 7.97. The highest BCUT2D eigenvalue weighted by Gasteiger charge is 2.43. The Morgan fingerprint density at radius 3 is 1.73 bits per heavy atom. The molecule has 2 heterocycles. The zero-order valence-corrected chi connectivity index (χ0v) is 24.1. The summed E-state index contributed by atoms with van der Waals surface area (Å²) >= 11 is 0. The smallest absolute Gasteiger partial charge is 0.397 e. The Bertz CT molecular complexity index is 1180. The average Bonchev–Trinajstić information content (AvgIpc) is 2.93. The van der Waals surface area contributed by atoms with Crippen LogP contribution in [0.5, 0.6) is 5.75 Å². The van der Waals surface area contributed by atoms with E-state index in [1.165, 1.54) is 16.7 Å². The van der Waals surface area contributed by atoms with Crippen molar-refractivity contribution in [1.29, 1.82) is 0 Å². The molecule has 3 aromatic rings. The monoisotopic (exact) mass is 538 g/mol. The third-order valence-corrected chi connectivity index (χ3v) is 9.61. The number of hydrogen-bond acceptors (Lipinski definition) is 5. The van der Waals surface area contributed by atoms with Crippen LogP contribution in [0.4, 0.5) is 0 Å². The van der Waals surface area contributed by atoms with E-state index in [1.54, 1.807) is 0 Å². The molecule has 0 amide bonds. The lowest BCUT2D eigenvalue weighted by atomic mass is 9.73. The van der Waals surface area contributed by atoms with Crippen molar-refractivity contribution in [2.75, 3.05) is 33.1 Å². The van der Waals surface area contributed by atoms with Crippen molar-refractivity contribution in [2.24, 2.45) is 5.41 Å². The van der Waals surface area contributed by atoms with E-state index in [-0.39, 0.29) is 16.2 Å². The summed E-state index contributed by atoms with van der Waals surface area (Å²) in [6.45, 7) is 13.2. The molecule has 0 radical (unpaired) electrons. The lowest BCUT2D eigenvalue weighted by molar-refractivity contribution is -0.0598. The second kappa shape index (κ2) is 10.7. The lowest BCUT2D eigenvalue weighted by Crippen LogP contribution is -2.44. The van der Waals surface area contributed by atoms with Crippen molar-refractivity contribution in [3.05, 3.63) is 101 Å². The molecule has 5 rings (SSSR count). The van der Waals surface area contributed by atoms with Crippen molar-refractivity contribution >= 4 is 17.0 Å². The fourth-order valence-electron chi connectivity index (χ4n) is 4.81. The first-order valence-corrected chi connectivity index (χ1v) is 15.4. The summed E-state index contributed by atoms with van der Waals surface area (Å²) < 4.78 is 30.2. The molecule has 3 aromatic carbocycles. The van der Waals surface area contributed by atoms with E-state index < -0.39 is 17.0 Å². The summed E-state index contributed by atoms with van der Waals surface area (Å²) in [5, 5.41) is 0. The molecule has 0 bridgehead atoms. The third kappa shape index (κ3) is 5.64. The van der Waals surface area contributed by atoms with Crippen LogP contribution in [0.1, 0.15) is 49.9 Å². The zero-order valence-electron chi connectivity index (χ0n) is 22.3. The summed E-state index contributed by atoms with van der Waals surface area (Å²) in [5.74, 6) is 0.789. The van der Waals surface area contributed by atoms with Gasteiger partial charge in [-0.3, -0.25) is 0 Å². The molecule has 0 saturated carbocycles. The minimum atomic E-state index is -1.53. The normalized spacial score (nSPS) is 24.7. The van der Waals surface area contributed by atoms with Gasteiger partial charge >= 0.3 is 8.60 Å².